The van der Waals surface area contributed by atoms with Gasteiger partial charge in [0.25, 0.3) is 5.91 Å². The predicted molar refractivity (Wildman–Crippen MR) is 137 cm³/mol. The molecule has 1 saturated heterocycles. The second-order valence-electron chi connectivity index (χ2n) is 9.47. The molecule has 0 aliphatic carbocycles. The van der Waals surface area contributed by atoms with Gasteiger partial charge in [-0.2, -0.15) is 0 Å². The fourth-order valence-corrected chi connectivity index (χ4v) is 5.49. The smallest absolute Gasteiger partial charge is 0.404 e. The summed E-state index contributed by atoms with van der Waals surface area (Å²) in [7, 11) is -3.97. The summed E-state index contributed by atoms with van der Waals surface area (Å²) < 4.78 is 36.7. The zero-order valence-electron chi connectivity index (χ0n) is 21.1. The number of hydrogen-bond acceptors (Lipinski definition) is 12. The monoisotopic (exact) mass is 573 g/mol. The highest BCUT2D eigenvalue weighted by atomic mass is 32.2. The number of hydrogen-bond donors (Lipinski definition) is 4. The molecule has 1 aromatic carbocycles. The van der Waals surface area contributed by atoms with Crippen LogP contribution in [0.1, 0.15) is 37.5 Å². The molecule has 210 valence electrons. The number of amides is 1. The number of thioether (sulfide) groups is 1. The van der Waals surface area contributed by atoms with E-state index in [1.165, 1.54) is 0 Å². The number of aromatic nitrogens is 2. The average molecular weight is 574 g/mol. The molecule has 1 amide bonds. The van der Waals surface area contributed by atoms with Crippen LogP contribution in [0.15, 0.2) is 36.7 Å². The highest BCUT2D eigenvalue weighted by Gasteiger charge is 2.46. The Morgan fingerprint density at radius 2 is 1.89 bits per heavy atom. The lowest BCUT2D eigenvalue weighted by Gasteiger charge is -2.22. The highest BCUT2D eigenvalue weighted by Crippen LogP contribution is 2.49. The molecule has 0 radical (unpaired) electrons. The summed E-state index contributed by atoms with van der Waals surface area (Å²) in [6, 6.07) is 8.26. The van der Waals surface area contributed by atoms with Gasteiger partial charge in [0.05, 0.1) is 13.2 Å². The van der Waals surface area contributed by atoms with Crippen molar-refractivity contribution in [1.82, 2.24) is 9.55 Å². The lowest BCUT2D eigenvalue weighted by molar-refractivity contribution is -0.117. The molecule has 0 bridgehead atoms. The van der Waals surface area contributed by atoms with Crippen molar-refractivity contribution >= 4 is 30.4 Å². The fourth-order valence-electron chi connectivity index (χ4n) is 3.32. The van der Waals surface area contributed by atoms with E-state index >= 15 is 0 Å². The largest absolute Gasteiger partial charge is 0.493 e. The van der Waals surface area contributed by atoms with Crippen LogP contribution >= 0.6 is 19.4 Å². The summed E-state index contributed by atoms with van der Waals surface area (Å²) >= 11 is 1.10. The van der Waals surface area contributed by atoms with Crippen molar-refractivity contribution < 1.29 is 48.0 Å². The number of nitrogens with zero attached hydrogens (tertiary/aromatic N) is 2. The van der Waals surface area contributed by atoms with E-state index in [1.54, 1.807) is 30.3 Å². The Morgan fingerprint density at radius 1 is 1.21 bits per heavy atom. The standard InChI is InChI=1S/C23H32N3O10PS/c1-23(2,3)22(31)38-10-9-33-13-37(32,36-14-7-5-4-6-8-14)34-11-15-17(27)18(28)21(35-15)26-12-25-16(19(24)29)20(26)30/h4-8,12,15,17-18,21,27-28,30H,9-11,13H2,1-3H3,(H2,24,29)/t15-,17-,18-,21-,37?/m1/s1. The molecule has 5 atom stereocenters. The minimum absolute atomic E-state index is 0.00608. The molecule has 1 aromatic heterocycles. The second-order valence-corrected chi connectivity index (χ2v) is 12.5. The molecule has 1 aliphatic heterocycles. The van der Waals surface area contributed by atoms with Gasteiger partial charge in [-0.15, -0.1) is 0 Å². The molecular formula is C23H32N3O10PS. The van der Waals surface area contributed by atoms with E-state index in [1.807, 2.05) is 20.8 Å². The number of carbonyl (C=O) groups is 2. The van der Waals surface area contributed by atoms with Crippen LogP contribution in [-0.2, 0) is 23.4 Å². The molecular weight excluding hydrogens is 541 g/mol. The number of para-hydroxylation sites is 1. The first-order valence-corrected chi connectivity index (χ1v) is 14.3. The molecule has 2 aromatic rings. The van der Waals surface area contributed by atoms with Gasteiger partial charge >= 0.3 is 7.60 Å². The van der Waals surface area contributed by atoms with Crippen LogP contribution in [0.3, 0.4) is 0 Å². The number of aliphatic hydroxyl groups is 2. The van der Waals surface area contributed by atoms with Crippen molar-refractivity contribution in [3.8, 4) is 11.6 Å². The van der Waals surface area contributed by atoms with E-state index in [4.69, 9.17) is 24.3 Å². The Morgan fingerprint density at radius 3 is 2.50 bits per heavy atom. The molecule has 38 heavy (non-hydrogen) atoms. The summed E-state index contributed by atoms with van der Waals surface area (Å²) in [4.78, 5) is 27.1. The number of nitrogens with two attached hydrogens (primary N) is 1. The van der Waals surface area contributed by atoms with E-state index in [0.29, 0.717) is 5.75 Å². The van der Waals surface area contributed by atoms with Crippen LogP contribution in [-0.4, -0.2) is 79.5 Å². The van der Waals surface area contributed by atoms with E-state index in [-0.39, 0.29) is 17.5 Å². The minimum Gasteiger partial charge on any atom is -0.493 e. The average Bonchev–Trinajstić information content (AvgIpc) is 3.36. The number of aliphatic hydroxyl groups excluding tert-OH is 2. The van der Waals surface area contributed by atoms with Crippen molar-refractivity contribution in [2.45, 2.75) is 45.3 Å². The van der Waals surface area contributed by atoms with Crippen LogP contribution in [0.25, 0.3) is 0 Å². The molecule has 13 nitrogen and oxygen atoms in total. The van der Waals surface area contributed by atoms with Gasteiger partial charge in [-0.1, -0.05) is 50.7 Å². The molecule has 2 heterocycles. The van der Waals surface area contributed by atoms with Crippen molar-refractivity contribution in [3.05, 3.63) is 42.4 Å². The van der Waals surface area contributed by atoms with Gasteiger partial charge in [-0.3, -0.25) is 18.7 Å². The maximum Gasteiger partial charge on any atom is 0.404 e. The lowest BCUT2D eigenvalue weighted by Crippen LogP contribution is -2.33. The fraction of sp³-hybridized carbons (Fsp3) is 0.522. The number of primary amides is 1. The van der Waals surface area contributed by atoms with Gasteiger partial charge in [0.15, 0.2) is 23.4 Å². The van der Waals surface area contributed by atoms with Crippen molar-refractivity contribution in [2.75, 3.05) is 25.3 Å². The quantitative estimate of drug-likeness (QED) is 0.213. The number of rotatable bonds is 12. The topological polar surface area (TPSA) is 193 Å². The second kappa shape index (κ2) is 12.6. The van der Waals surface area contributed by atoms with Gasteiger partial charge in [-0.05, 0) is 12.1 Å². The first-order valence-electron chi connectivity index (χ1n) is 11.6. The third kappa shape index (κ3) is 7.56. The lowest BCUT2D eigenvalue weighted by atomic mass is 10.00. The maximum atomic E-state index is 13.5. The molecule has 0 spiro atoms. The SMILES string of the molecule is CC(C)(C)C(=O)SCCOCP(=O)(OC[C@H]1O[C@@H](n2cnc(C(N)=O)c2O)[C@H](O)[C@@H]1O)Oc1ccccc1. The van der Waals surface area contributed by atoms with E-state index < -0.39 is 68.0 Å². The summed E-state index contributed by atoms with van der Waals surface area (Å²) in [6.07, 6.45) is -5.01. The Kier molecular flexibility index (Phi) is 9.98. The molecule has 1 aliphatic rings. The summed E-state index contributed by atoms with van der Waals surface area (Å²) in [5.41, 5.74) is 4.21. The van der Waals surface area contributed by atoms with Crippen LogP contribution < -0.4 is 10.3 Å². The zero-order chi connectivity index (χ0) is 28.1. The summed E-state index contributed by atoms with van der Waals surface area (Å²) in [5, 5.41) is 31.1. The van der Waals surface area contributed by atoms with E-state index in [2.05, 4.69) is 4.98 Å². The number of aromatic hydroxyl groups is 1. The maximum absolute atomic E-state index is 13.5. The zero-order valence-corrected chi connectivity index (χ0v) is 22.8. The number of carbonyl (C=O) groups excluding carboxylic acids is 2. The van der Waals surface area contributed by atoms with Gasteiger partial charge < -0.3 is 35.1 Å². The third-order valence-corrected chi connectivity index (χ3v) is 8.13. The molecule has 1 unspecified atom stereocenters. The normalized spacial score (nSPS) is 23.2. The van der Waals surface area contributed by atoms with E-state index in [9.17, 15) is 29.5 Å². The molecule has 0 saturated carbocycles. The van der Waals surface area contributed by atoms with Gasteiger partial charge in [-0.25, -0.2) is 9.55 Å². The van der Waals surface area contributed by atoms with Gasteiger partial charge in [0.2, 0.25) is 5.88 Å². The first-order chi connectivity index (χ1) is 17.8. The van der Waals surface area contributed by atoms with Crippen LogP contribution in [0.5, 0.6) is 11.6 Å². The van der Waals surface area contributed by atoms with Gasteiger partial charge in [0, 0.05) is 11.2 Å². The molecule has 1 fully saturated rings. The summed E-state index contributed by atoms with van der Waals surface area (Å²) in [5.74, 6) is -1.05. The molecule has 15 heteroatoms. The third-order valence-electron chi connectivity index (χ3n) is 5.36. The van der Waals surface area contributed by atoms with Crippen LogP contribution in [0, 0.1) is 5.41 Å². The molecule has 5 N–H and O–H groups in total. The van der Waals surface area contributed by atoms with Crippen molar-refractivity contribution in [3.63, 3.8) is 0 Å². The predicted octanol–water partition coefficient (Wildman–Crippen LogP) is 1.88. The highest BCUT2D eigenvalue weighted by molar-refractivity contribution is 8.13. The number of benzene rings is 1. The van der Waals surface area contributed by atoms with Crippen LogP contribution in [0.4, 0.5) is 0 Å². The first kappa shape index (κ1) is 30.1. The van der Waals surface area contributed by atoms with Gasteiger partial charge in [0.1, 0.15) is 30.4 Å². The number of imidazole rings is 1. The Balaban J connectivity index is 1.64. The Bertz CT molecular complexity index is 1160. The van der Waals surface area contributed by atoms with Crippen LogP contribution in [0.2, 0.25) is 0 Å². The Labute approximate surface area is 223 Å². The minimum atomic E-state index is -3.97. The Hall–Kier alpha value is -2.45. The number of ether oxygens (including phenoxy) is 2. The van der Waals surface area contributed by atoms with Crippen molar-refractivity contribution in [2.24, 2.45) is 11.1 Å². The van der Waals surface area contributed by atoms with E-state index in [0.717, 1.165) is 22.7 Å². The summed E-state index contributed by atoms with van der Waals surface area (Å²) in [6.45, 7) is 5.06. The molecule has 3 rings (SSSR count). The van der Waals surface area contributed by atoms with Crippen molar-refractivity contribution in [1.29, 1.82) is 0 Å².